The highest BCUT2D eigenvalue weighted by Crippen LogP contribution is 2.38. The van der Waals surface area contributed by atoms with Crippen molar-refractivity contribution in [2.24, 2.45) is 10.2 Å². The van der Waals surface area contributed by atoms with Gasteiger partial charge in [0.2, 0.25) is 0 Å². The molecule has 0 unspecified atom stereocenters. The lowest BCUT2D eigenvalue weighted by atomic mass is 10.2. The number of azo groups is 1. The number of fused-ring (bicyclic) bond motifs is 2. The first-order valence-electron chi connectivity index (χ1n) is 6.88. The molecule has 0 fully saturated rings. The molecular weight excluding hydrogens is 302 g/mol. The maximum absolute atomic E-state index is 5.85. The lowest BCUT2D eigenvalue weighted by Gasteiger charge is -2.18. The fraction of sp³-hybridized carbons (Fsp3) is 0.125. The summed E-state index contributed by atoms with van der Waals surface area (Å²) in [6.45, 7) is 1.13. The van der Waals surface area contributed by atoms with E-state index in [0.29, 0.717) is 18.2 Å². The molecule has 0 amide bonds. The maximum Gasteiger partial charge on any atom is 0.163 e. The molecule has 5 nitrogen and oxygen atoms in total. The van der Waals surface area contributed by atoms with Crippen LogP contribution in [0.2, 0.25) is 5.02 Å². The Hall–Kier alpha value is -2.53. The minimum absolute atomic E-state index is 0.560. The van der Waals surface area contributed by atoms with Gasteiger partial charge < -0.3 is 14.5 Å². The number of H-pyrrole nitrogens is 1. The van der Waals surface area contributed by atoms with Gasteiger partial charge in [0.15, 0.2) is 11.5 Å². The number of halogens is 1. The molecule has 3 aromatic rings. The van der Waals surface area contributed by atoms with Gasteiger partial charge in [-0.05, 0) is 30.3 Å². The Morgan fingerprint density at radius 3 is 2.45 bits per heavy atom. The van der Waals surface area contributed by atoms with Crippen molar-refractivity contribution in [3.63, 3.8) is 0 Å². The van der Waals surface area contributed by atoms with Gasteiger partial charge in [0, 0.05) is 22.7 Å². The quantitative estimate of drug-likeness (QED) is 0.676. The summed E-state index contributed by atoms with van der Waals surface area (Å²) in [6.07, 6.45) is 1.82. The second-order valence-corrected chi connectivity index (χ2v) is 5.33. The molecule has 0 bridgehead atoms. The monoisotopic (exact) mass is 313 g/mol. The normalized spacial score (nSPS) is 13.9. The van der Waals surface area contributed by atoms with Crippen molar-refractivity contribution < 1.29 is 9.47 Å². The minimum atomic E-state index is 0.560. The highest BCUT2D eigenvalue weighted by Gasteiger charge is 2.15. The number of aromatic nitrogens is 1. The van der Waals surface area contributed by atoms with Gasteiger partial charge in [-0.1, -0.05) is 11.6 Å². The van der Waals surface area contributed by atoms with Crippen LogP contribution in [0.25, 0.3) is 10.9 Å². The topological polar surface area (TPSA) is 59.0 Å². The minimum Gasteiger partial charge on any atom is -0.486 e. The van der Waals surface area contributed by atoms with Gasteiger partial charge in [0.1, 0.15) is 18.9 Å². The summed E-state index contributed by atoms with van der Waals surface area (Å²) in [5.41, 5.74) is 2.44. The van der Waals surface area contributed by atoms with E-state index in [0.717, 1.165) is 33.8 Å². The number of nitrogens with zero attached hydrogens (tertiary/aromatic N) is 2. The van der Waals surface area contributed by atoms with Crippen molar-refractivity contribution in [1.29, 1.82) is 0 Å². The van der Waals surface area contributed by atoms with Crippen LogP contribution in [-0.2, 0) is 0 Å². The Labute approximate surface area is 131 Å². The maximum atomic E-state index is 5.85. The van der Waals surface area contributed by atoms with Crippen LogP contribution in [0, 0.1) is 0 Å². The average molecular weight is 314 g/mol. The summed E-state index contributed by atoms with van der Waals surface area (Å²) >= 11 is 5.85. The number of benzene rings is 2. The first-order chi connectivity index (χ1) is 10.8. The molecule has 1 N–H and O–H groups in total. The molecule has 1 aliphatic rings. The smallest absolute Gasteiger partial charge is 0.163 e. The Morgan fingerprint density at radius 1 is 0.955 bits per heavy atom. The van der Waals surface area contributed by atoms with Crippen molar-refractivity contribution in [3.05, 3.63) is 47.6 Å². The Morgan fingerprint density at radius 2 is 1.68 bits per heavy atom. The summed E-state index contributed by atoms with van der Waals surface area (Å²) in [7, 11) is 0. The molecule has 2 heterocycles. The number of hydrogen-bond acceptors (Lipinski definition) is 4. The second kappa shape index (κ2) is 5.35. The van der Waals surface area contributed by atoms with E-state index in [4.69, 9.17) is 21.1 Å². The van der Waals surface area contributed by atoms with Gasteiger partial charge >= 0.3 is 0 Å². The molecule has 1 aliphatic heterocycles. The van der Waals surface area contributed by atoms with Crippen molar-refractivity contribution in [2.75, 3.05) is 13.2 Å². The van der Waals surface area contributed by atoms with Crippen molar-refractivity contribution >= 4 is 33.9 Å². The third-order valence-electron chi connectivity index (χ3n) is 3.42. The fourth-order valence-electron chi connectivity index (χ4n) is 2.35. The molecular formula is C16H12ClN3O2. The molecule has 0 spiro atoms. The first-order valence-corrected chi connectivity index (χ1v) is 7.25. The van der Waals surface area contributed by atoms with E-state index in [1.807, 2.05) is 30.5 Å². The number of rotatable bonds is 2. The predicted molar refractivity (Wildman–Crippen MR) is 84.9 cm³/mol. The van der Waals surface area contributed by atoms with Crippen LogP contribution < -0.4 is 9.47 Å². The van der Waals surface area contributed by atoms with Crippen LogP contribution in [0.4, 0.5) is 11.4 Å². The standard InChI is InChI=1S/C16H12ClN3O2/c17-10-1-3-11(4-2-10)19-20-14-9-18-13-8-16-15(7-12(13)14)21-5-6-22-16/h1-4,7-9,18H,5-6H2. The zero-order valence-electron chi connectivity index (χ0n) is 11.5. The van der Waals surface area contributed by atoms with Gasteiger partial charge in [-0.3, -0.25) is 0 Å². The third-order valence-corrected chi connectivity index (χ3v) is 3.67. The van der Waals surface area contributed by atoms with E-state index in [-0.39, 0.29) is 0 Å². The van der Waals surface area contributed by atoms with Crippen LogP contribution in [0.15, 0.2) is 52.8 Å². The number of hydrogen-bond donors (Lipinski definition) is 1. The van der Waals surface area contributed by atoms with Gasteiger partial charge in [-0.2, -0.15) is 5.11 Å². The Kier molecular flexibility index (Phi) is 3.20. The summed E-state index contributed by atoms with van der Waals surface area (Å²) in [6, 6.07) is 11.1. The van der Waals surface area contributed by atoms with Gasteiger partial charge in [0.25, 0.3) is 0 Å². The van der Waals surface area contributed by atoms with Crippen LogP contribution in [0.5, 0.6) is 11.5 Å². The van der Waals surface area contributed by atoms with E-state index < -0.39 is 0 Å². The van der Waals surface area contributed by atoms with Crippen LogP contribution >= 0.6 is 11.6 Å². The van der Waals surface area contributed by atoms with Crippen molar-refractivity contribution in [3.8, 4) is 11.5 Å². The van der Waals surface area contributed by atoms with Crippen LogP contribution in [-0.4, -0.2) is 18.2 Å². The van der Waals surface area contributed by atoms with Crippen LogP contribution in [0.3, 0.4) is 0 Å². The van der Waals surface area contributed by atoms with Crippen molar-refractivity contribution in [2.45, 2.75) is 0 Å². The fourth-order valence-corrected chi connectivity index (χ4v) is 2.47. The van der Waals surface area contributed by atoms with Crippen molar-refractivity contribution in [1.82, 2.24) is 4.98 Å². The van der Waals surface area contributed by atoms with Crippen LogP contribution in [0.1, 0.15) is 0 Å². The molecule has 0 aliphatic carbocycles. The van der Waals surface area contributed by atoms with Gasteiger partial charge in [-0.25, -0.2) is 0 Å². The highest BCUT2D eigenvalue weighted by atomic mass is 35.5. The third kappa shape index (κ3) is 2.40. The number of aromatic amines is 1. The first kappa shape index (κ1) is 13.2. The van der Waals surface area contributed by atoms with Gasteiger partial charge in [-0.15, -0.1) is 5.11 Å². The summed E-state index contributed by atoms with van der Waals surface area (Å²) in [5, 5.41) is 10.1. The molecule has 110 valence electrons. The average Bonchev–Trinajstić information content (AvgIpc) is 2.94. The molecule has 6 heteroatoms. The zero-order valence-corrected chi connectivity index (χ0v) is 12.3. The molecule has 2 aromatic carbocycles. The van der Waals surface area contributed by atoms with E-state index in [1.54, 1.807) is 12.1 Å². The largest absolute Gasteiger partial charge is 0.486 e. The molecule has 0 radical (unpaired) electrons. The molecule has 4 rings (SSSR count). The lowest BCUT2D eigenvalue weighted by molar-refractivity contribution is 0.172. The summed E-state index contributed by atoms with van der Waals surface area (Å²) < 4.78 is 11.2. The van der Waals surface area contributed by atoms with E-state index >= 15 is 0 Å². The molecule has 0 atom stereocenters. The number of nitrogens with one attached hydrogen (secondary N) is 1. The Bertz CT molecular complexity index is 856. The molecule has 0 saturated heterocycles. The second-order valence-electron chi connectivity index (χ2n) is 4.89. The SMILES string of the molecule is Clc1ccc(N=Nc2c[nH]c3cc4c(cc23)OCCO4)cc1. The molecule has 22 heavy (non-hydrogen) atoms. The van der Waals surface area contributed by atoms with Gasteiger partial charge in [0.05, 0.1) is 11.2 Å². The lowest BCUT2D eigenvalue weighted by Crippen LogP contribution is -2.15. The summed E-state index contributed by atoms with van der Waals surface area (Å²) in [4.78, 5) is 3.17. The number of ether oxygens (including phenoxy) is 2. The summed E-state index contributed by atoms with van der Waals surface area (Å²) in [5.74, 6) is 1.49. The van der Waals surface area contributed by atoms with E-state index in [1.165, 1.54) is 0 Å². The highest BCUT2D eigenvalue weighted by molar-refractivity contribution is 6.30. The van der Waals surface area contributed by atoms with E-state index in [9.17, 15) is 0 Å². The zero-order chi connectivity index (χ0) is 14.9. The van der Waals surface area contributed by atoms with E-state index in [2.05, 4.69) is 15.2 Å². The molecule has 1 aromatic heterocycles. The predicted octanol–water partition coefficient (Wildman–Crippen LogP) is 5.01. The Balaban J connectivity index is 1.71. The molecule has 0 saturated carbocycles.